The average molecular weight is 1100 g/mol. The summed E-state index contributed by atoms with van der Waals surface area (Å²) in [5.74, 6) is 8.93. The molecule has 0 aliphatic heterocycles. The van der Waals surface area contributed by atoms with Crippen molar-refractivity contribution >= 4 is 50.6 Å². The maximum absolute atomic E-state index is 7.44. The number of rotatable bonds is 8. The molecule has 0 saturated heterocycles. The van der Waals surface area contributed by atoms with Crippen LogP contribution >= 0.6 is 0 Å². The molecular formula is C58H62GeIrN4O-2. The smallest absolute Gasteiger partial charge is 0 e. The number of hydrogen-bond acceptors (Lipinski definition) is 4. The Hall–Kier alpha value is -5.14. The maximum Gasteiger partial charge on any atom is 0 e. The first-order chi connectivity index (χ1) is 31.6. The number of fused-ring (bicyclic) bond motifs is 4. The van der Waals surface area contributed by atoms with E-state index in [1.807, 2.05) is 30.6 Å². The third kappa shape index (κ3) is 9.59. The fourth-order valence-corrected chi connectivity index (χ4v) is 12.2. The van der Waals surface area contributed by atoms with Crippen LogP contribution in [0, 0.1) is 19.0 Å². The Morgan fingerprint density at radius 2 is 1.40 bits per heavy atom. The Balaban J connectivity index is 0.000000242. The minimum absolute atomic E-state index is 0. The molecule has 0 bridgehead atoms. The molecule has 1 radical (unpaired) electrons. The number of imidazole rings is 1. The van der Waals surface area contributed by atoms with Crippen LogP contribution in [0.4, 0.5) is 0 Å². The van der Waals surface area contributed by atoms with E-state index in [-0.39, 0.29) is 37.4 Å². The standard InChI is InChI=1S/C40H38N3O.C18H24GeN.Ir/c1-24(2)31-22-27(26-14-9-8-10-15-26)23-32(25(3)4)36(31)43-33-20-21-41-38(40(5,6)7)35(33)42-39(43)30-18-13-17-29-28-16-11-12-19-34(28)44-37(29)30;1-13(2)16-11-18(15-9-7-14(3)8-10-15)20-12-17(16)19(4,5)6;/h8-17,19-25H,1-7H3;7-9,11-13H,1-6H3;/q2*-1;/i;3D3;. The Morgan fingerprint density at radius 1 is 0.723 bits per heavy atom. The summed E-state index contributed by atoms with van der Waals surface area (Å²) in [6, 6.07) is 43.6. The third-order valence-corrected chi connectivity index (χ3v) is 16.3. The molecule has 0 amide bonds. The molecule has 0 aliphatic rings. The summed E-state index contributed by atoms with van der Waals surface area (Å²) in [4.78, 5) is 14.9. The SMILES string of the molecule is CC(C)c1cc(-c2ccccc2)cc(C(C)C)c1-n1c(-c2[c-]ccc3c2oc2ccccc23)nc2c(C(C)(C)C)nccc21.[2H]C([2H])([2H])c1c[c-]c(-c2cc(C(C)C)[c]([Ge]([CH3])([CH3])[CH3])cn2)cc1.[Ir]. The van der Waals surface area contributed by atoms with E-state index in [4.69, 9.17) is 18.5 Å². The van der Waals surface area contributed by atoms with Crippen molar-refractivity contribution in [1.29, 1.82) is 0 Å². The number of aromatic nitrogens is 4. The van der Waals surface area contributed by atoms with Gasteiger partial charge in [-0.3, -0.25) is 9.97 Å². The largest absolute Gasteiger partial charge is 0 e. The van der Waals surface area contributed by atoms with E-state index in [1.54, 1.807) is 18.2 Å². The van der Waals surface area contributed by atoms with Crippen molar-refractivity contribution in [1.82, 2.24) is 19.5 Å². The van der Waals surface area contributed by atoms with E-state index in [0.29, 0.717) is 11.5 Å². The van der Waals surface area contributed by atoms with Gasteiger partial charge in [-0.2, -0.15) is 0 Å². The predicted octanol–water partition coefficient (Wildman–Crippen LogP) is 15.5. The minimum atomic E-state index is -2.09. The third-order valence-electron chi connectivity index (χ3n) is 12.0. The second-order valence-corrected chi connectivity index (χ2v) is 30.5. The number of aryl methyl sites for hydroxylation is 1. The molecule has 0 aliphatic carbocycles. The van der Waals surface area contributed by atoms with E-state index in [1.165, 1.54) is 37.9 Å². The molecule has 335 valence electrons. The van der Waals surface area contributed by atoms with Crippen LogP contribution in [0.5, 0.6) is 0 Å². The van der Waals surface area contributed by atoms with Crippen LogP contribution in [0.15, 0.2) is 126 Å². The minimum Gasteiger partial charge on any atom is 0 e. The van der Waals surface area contributed by atoms with Crippen LogP contribution in [-0.4, -0.2) is 32.8 Å². The van der Waals surface area contributed by atoms with Gasteiger partial charge in [0.15, 0.2) is 0 Å². The molecular weight excluding hydrogens is 1030 g/mol. The Labute approximate surface area is 407 Å². The van der Waals surface area contributed by atoms with Gasteiger partial charge in [-0.1, -0.05) is 108 Å². The zero-order chi connectivity index (χ0) is 48.2. The first-order valence-corrected chi connectivity index (χ1v) is 29.9. The number of pyridine rings is 2. The number of benzene rings is 5. The monoisotopic (exact) mass is 1100 g/mol. The van der Waals surface area contributed by atoms with Gasteiger partial charge in [0.25, 0.3) is 0 Å². The van der Waals surface area contributed by atoms with Gasteiger partial charge in [0.05, 0.1) is 28.1 Å². The van der Waals surface area contributed by atoms with Crippen molar-refractivity contribution in [2.24, 2.45) is 0 Å². The molecule has 0 atom stereocenters. The van der Waals surface area contributed by atoms with E-state index in [9.17, 15) is 0 Å². The van der Waals surface area contributed by atoms with E-state index in [2.05, 4.69) is 174 Å². The van der Waals surface area contributed by atoms with Gasteiger partial charge < -0.3 is 8.98 Å². The first kappa shape index (κ1) is 43.7. The zero-order valence-electron chi connectivity index (χ0n) is 42.8. The predicted molar refractivity (Wildman–Crippen MR) is 273 cm³/mol. The summed E-state index contributed by atoms with van der Waals surface area (Å²) in [5, 5.41) is 2.16. The van der Waals surface area contributed by atoms with Gasteiger partial charge >= 0.3 is 130 Å². The molecule has 0 spiro atoms. The summed E-state index contributed by atoms with van der Waals surface area (Å²) in [5.41, 5.74) is 14.8. The van der Waals surface area contributed by atoms with Gasteiger partial charge in [-0.05, 0) is 58.4 Å². The molecule has 0 saturated carbocycles. The summed E-state index contributed by atoms with van der Waals surface area (Å²) >= 11 is -1.97. The van der Waals surface area contributed by atoms with Crippen LogP contribution < -0.4 is 4.40 Å². The zero-order valence-corrected chi connectivity index (χ0v) is 44.3. The van der Waals surface area contributed by atoms with Gasteiger partial charge in [-0.15, -0.1) is 18.2 Å². The molecule has 7 heteroatoms. The number of nitrogens with zero attached hydrogens (tertiary/aromatic N) is 4. The molecule has 0 fully saturated rings. The summed E-state index contributed by atoms with van der Waals surface area (Å²) in [6.45, 7) is 18.1. The van der Waals surface area contributed by atoms with Crippen LogP contribution in [0.3, 0.4) is 0 Å². The summed E-state index contributed by atoms with van der Waals surface area (Å²) in [6.07, 6.45) is 3.95. The normalized spacial score (nSPS) is 12.9. The Bertz CT molecular complexity index is 3200. The van der Waals surface area contributed by atoms with E-state index >= 15 is 0 Å². The van der Waals surface area contributed by atoms with Gasteiger partial charge in [0, 0.05) is 42.8 Å². The molecule has 4 aromatic heterocycles. The van der Waals surface area contributed by atoms with Crippen molar-refractivity contribution in [3.05, 3.63) is 162 Å². The topological polar surface area (TPSA) is 56.7 Å². The van der Waals surface area contributed by atoms with Crippen LogP contribution in [0.1, 0.15) is 112 Å². The van der Waals surface area contributed by atoms with E-state index in [0.717, 1.165) is 61.3 Å². The van der Waals surface area contributed by atoms with E-state index < -0.39 is 20.1 Å². The fraction of sp³-hybridized carbons (Fsp3) is 0.293. The fourth-order valence-electron chi connectivity index (χ4n) is 8.73. The van der Waals surface area contributed by atoms with Gasteiger partial charge in [-0.25, -0.2) is 0 Å². The quantitative estimate of drug-likeness (QED) is 0.112. The van der Waals surface area contributed by atoms with Crippen molar-refractivity contribution < 1.29 is 28.6 Å². The maximum atomic E-state index is 7.44. The molecule has 9 aromatic rings. The molecule has 4 heterocycles. The second-order valence-electron chi connectivity index (χ2n) is 20.0. The van der Waals surface area contributed by atoms with Gasteiger partial charge in [0.2, 0.25) is 0 Å². The van der Waals surface area contributed by atoms with Crippen molar-refractivity contribution in [2.75, 3.05) is 0 Å². The van der Waals surface area contributed by atoms with Gasteiger partial charge in [0.1, 0.15) is 5.58 Å². The van der Waals surface area contributed by atoms with Crippen molar-refractivity contribution in [3.8, 4) is 39.5 Å². The van der Waals surface area contributed by atoms with Crippen molar-refractivity contribution in [3.63, 3.8) is 0 Å². The number of hydrogen-bond donors (Lipinski definition) is 0. The Morgan fingerprint density at radius 3 is 2.02 bits per heavy atom. The summed E-state index contributed by atoms with van der Waals surface area (Å²) in [7, 11) is 0. The van der Waals surface area contributed by atoms with Crippen LogP contribution in [0.2, 0.25) is 17.3 Å². The molecule has 9 rings (SSSR count). The van der Waals surface area contributed by atoms with Crippen LogP contribution in [-0.2, 0) is 25.5 Å². The molecule has 0 N–H and O–H groups in total. The Kier molecular flexibility index (Phi) is 12.8. The molecule has 65 heavy (non-hydrogen) atoms. The molecule has 5 aromatic carbocycles. The molecule has 0 unspecified atom stereocenters. The van der Waals surface area contributed by atoms with Crippen molar-refractivity contribution in [2.45, 2.75) is 110 Å². The number of furan rings is 1. The second kappa shape index (κ2) is 19.0. The molecule has 5 nitrogen and oxygen atoms in total. The number of para-hydroxylation sites is 1. The average Bonchev–Trinajstić information content (AvgIpc) is 3.87. The first-order valence-electron chi connectivity index (χ1n) is 24.1. The van der Waals surface area contributed by atoms with Crippen LogP contribution in [0.25, 0.3) is 72.4 Å². The summed E-state index contributed by atoms with van der Waals surface area (Å²) < 4.78 is 32.7.